The van der Waals surface area contributed by atoms with E-state index in [0.717, 1.165) is 5.56 Å². The van der Waals surface area contributed by atoms with Crippen molar-refractivity contribution < 1.29 is 8.95 Å². The second-order valence-electron chi connectivity index (χ2n) is 3.70. The lowest BCUT2D eigenvalue weighted by atomic mass is 10.3. The van der Waals surface area contributed by atoms with E-state index < -0.39 is 10.8 Å². The first-order chi connectivity index (χ1) is 8.72. The number of pyridine rings is 1. The van der Waals surface area contributed by atoms with Crippen molar-refractivity contribution in [3.05, 3.63) is 48.2 Å². The van der Waals surface area contributed by atoms with E-state index in [1.807, 2.05) is 18.2 Å². The molecule has 0 aliphatic heterocycles. The monoisotopic (exact) mass is 262 g/mol. The van der Waals surface area contributed by atoms with E-state index in [1.165, 1.54) is 0 Å². The summed E-state index contributed by atoms with van der Waals surface area (Å²) < 4.78 is 17.4. The highest BCUT2D eigenvalue weighted by Crippen LogP contribution is 2.22. The molecule has 1 atom stereocenters. The third-order valence-corrected chi connectivity index (χ3v) is 3.93. The molecular formula is C13H14N2O2S. The summed E-state index contributed by atoms with van der Waals surface area (Å²) in [5.41, 5.74) is 7.15. The first-order valence-electron chi connectivity index (χ1n) is 5.43. The van der Waals surface area contributed by atoms with Crippen molar-refractivity contribution in [2.24, 2.45) is 0 Å². The fourth-order valence-corrected chi connectivity index (χ4v) is 2.84. The Bertz CT molecular complexity index is 572. The van der Waals surface area contributed by atoms with Gasteiger partial charge in [0.25, 0.3) is 0 Å². The summed E-state index contributed by atoms with van der Waals surface area (Å²) in [6.07, 6.45) is 1.64. The first kappa shape index (κ1) is 12.6. The molecule has 0 fully saturated rings. The number of para-hydroxylation sites is 1. The highest BCUT2D eigenvalue weighted by atomic mass is 32.2. The van der Waals surface area contributed by atoms with Crippen LogP contribution in [0, 0.1) is 0 Å². The van der Waals surface area contributed by atoms with Gasteiger partial charge in [-0.1, -0.05) is 18.2 Å². The van der Waals surface area contributed by atoms with Crippen molar-refractivity contribution in [2.45, 2.75) is 10.6 Å². The first-order valence-corrected chi connectivity index (χ1v) is 6.75. The van der Waals surface area contributed by atoms with Gasteiger partial charge in [-0.15, -0.1) is 0 Å². The quantitative estimate of drug-likeness (QED) is 0.856. The van der Waals surface area contributed by atoms with Gasteiger partial charge in [0.15, 0.2) is 0 Å². The Labute approximate surface area is 108 Å². The zero-order valence-electron chi connectivity index (χ0n) is 10.00. The molecule has 2 aromatic rings. The molecule has 0 saturated heterocycles. The van der Waals surface area contributed by atoms with Crippen LogP contribution in [0.2, 0.25) is 0 Å². The van der Waals surface area contributed by atoms with Gasteiger partial charge in [-0.25, -0.2) is 4.98 Å². The van der Waals surface area contributed by atoms with Gasteiger partial charge in [0.1, 0.15) is 0 Å². The minimum absolute atomic E-state index is 0.339. The summed E-state index contributed by atoms with van der Waals surface area (Å²) in [7, 11) is 0.344. The van der Waals surface area contributed by atoms with Gasteiger partial charge in [0.2, 0.25) is 5.88 Å². The molecule has 2 N–H and O–H groups in total. The molecule has 18 heavy (non-hydrogen) atoms. The highest BCUT2D eigenvalue weighted by molar-refractivity contribution is 7.84. The van der Waals surface area contributed by atoms with E-state index in [9.17, 15) is 4.21 Å². The van der Waals surface area contributed by atoms with Crippen LogP contribution in [0.15, 0.2) is 47.5 Å². The van der Waals surface area contributed by atoms with E-state index >= 15 is 0 Å². The van der Waals surface area contributed by atoms with E-state index in [1.54, 1.807) is 31.5 Å². The van der Waals surface area contributed by atoms with Crippen LogP contribution in [-0.4, -0.2) is 16.3 Å². The van der Waals surface area contributed by atoms with Gasteiger partial charge in [0.05, 0.1) is 28.6 Å². The van der Waals surface area contributed by atoms with Crippen LogP contribution >= 0.6 is 0 Å². The standard InChI is InChI=1S/C13H14N2O2S/c1-17-13-10(5-4-8-15-13)9-18(16)12-7-3-2-6-11(12)14/h2-8H,9,14H2,1H3. The van der Waals surface area contributed by atoms with E-state index in [0.29, 0.717) is 22.2 Å². The Kier molecular flexibility index (Phi) is 3.94. The Morgan fingerprint density at radius 3 is 2.78 bits per heavy atom. The zero-order chi connectivity index (χ0) is 13.0. The van der Waals surface area contributed by atoms with E-state index in [2.05, 4.69) is 4.98 Å². The Hall–Kier alpha value is -1.88. The number of nitrogens with two attached hydrogens (primary N) is 1. The third-order valence-electron chi connectivity index (χ3n) is 2.49. The topological polar surface area (TPSA) is 65.2 Å². The van der Waals surface area contributed by atoms with E-state index in [-0.39, 0.29) is 0 Å². The summed E-state index contributed by atoms with van der Waals surface area (Å²) in [6.45, 7) is 0. The van der Waals surface area contributed by atoms with Gasteiger partial charge in [0, 0.05) is 17.4 Å². The van der Waals surface area contributed by atoms with Crippen LogP contribution in [0.3, 0.4) is 0 Å². The number of benzene rings is 1. The summed E-state index contributed by atoms with van der Waals surface area (Å²) in [5.74, 6) is 0.839. The van der Waals surface area contributed by atoms with Crippen molar-refractivity contribution in [2.75, 3.05) is 12.8 Å². The van der Waals surface area contributed by atoms with E-state index in [4.69, 9.17) is 10.5 Å². The predicted molar refractivity (Wildman–Crippen MR) is 71.8 cm³/mol. The van der Waals surface area contributed by atoms with Crippen molar-refractivity contribution >= 4 is 16.5 Å². The van der Waals surface area contributed by atoms with Gasteiger partial charge in [-0.05, 0) is 18.2 Å². The number of hydrogen-bond donors (Lipinski definition) is 1. The Morgan fingerprint density at radius 2 is 2.06 bits per heavy atom. The molecule has 0 aliphatic carbocycles. The molecule has 0 bridgehead atoms. The average Bonchev–Trinajstić information content (AvgIpc) is 2.39. The molecule has 2 rings (SSSR count). The van der Waals surface area contributed by atoms with Crippen molar-refractivity contribution in [1.82, 2.24) is 4.98 Å². The lowest BCUT2D eigenvalue weighted by Crippen LogP contribution is -2.02. The second-order valence-corrected chi connectivity index (χ2v) is 5.12. The number of methoxy groups -OCH3 is 1. The molecule has 1 aromatic carbocycles. The summed E-state index contributed by atoms with van der Waals surface area (Å²) in [4.78, 5) is 4.72. The largest absolute Gasteiger partial charge is 0.481 e. The molecule has 0 aliphatic rings. The number of anilines is 1. The number of hydrogen-bond acceptors (Lipinski definition) is 4. The molecule has 0 radical (unpaired) electrons. The maximum Gasteiger partial charge on any atom is 0.217 e. The fraction of sp³-hybridized carbons (Fsp3) is 0.154. The summed E-state index contributed by atoms with van der Waals surface area (Å²) in [6, 6.07) is 10.8. The molecule has 1 heterocycles. The normalized spacial score (nSPS) is 12.1. The fourth-order valence-electron chi connectivity index (χ4n) is 1.62. The molecule has 0 saturated carbocycles. The van der Waals surface area contributed by atoms with Crippen molar-refractivity contribution in [3.8, 4) is 5.88 Å². The van der Waals surface area contributed by atoms with Crippen LogP contribution in [-0.2, 0) is 16.6 Å². The second kappa shape index (κ2) is 5.64. The lowest BCUT2D eigenvalue weighted by molar-refractivity contribution is 0.394. The highest BCUT2D eigenvalue weighted by Gasteiger charge is 2.11. The summed E-state index contributed by atoms with van der Waals surface area (Å²) >= 11 is 0. The molecular weight excluding hydrogens is 248 g/mol. The number of nitrogens with zero attached hydrogens (tertiary/aromatic N) is 1. The van der Waals surface area contributed by atoms with Crippen LogP contribution in [0.25, 0.3) is 0 Å². The summed E-state index contributed by atoms with van der Waals surface area (Å²) in [5, 5.41) is 0. The molecule has 94 valence electrons. The van der Waals surface area contributed by atoms with Gasteiger partial charge < -0.3 is 10.5 Å². The smallest absolute Gasteiger partial charge is 0.217 e. The number of ether oxygens (including phenoxy) is 1. The molecule has 0 spiro atoms. The minimum Gasteiger partial charge on any atom is -0.481 e. The van der Waals surface area contributed by atoms with Gasteiger partial charge in [-0.2, -0.15) is 0 Å². The molecule has 4 nitrogen and oxygen atoms in total. The van der Waals surface area contributed by atoms with Crippen LogP contribution in [0.5, 0.6) is 5.88 Å². The molecule has 0 amide bonds. The van der Waals surface area contributed by atoms with Gasteiger partial charge >= 0.3 is 0 Å². The maximum atomic E-state index is 12.3. The number of nitrogen functional groups attached to an aromatic ring is 1. The van der Waals surface area contributed by atoms with Crippen molar-refractivity contribution in [1.29, 1.82) is 0 Å². The van der Waals surface area contributed by atoms with Crippen LogP contribution in [0.1, 0.15) is 5.56 Å². The minimum atomic E-state index is -1.20. The molecule has 1 aromatic heterocycles. The maximum absolute atomic E-state index is 12.3. The number of rotatable bonds is 4. The molecule has 5 heteroatoms. The SMILES string of the molecule is COc1ncccc1CS(=O)c1ccccc1N. The molecule has 1 unspecified atom stereocenters. The van der Waals surface area contributed by atoms with Crippen LogP contribution in [0.4, 0.5) is 5.69 Å². The van der Waals surface area contributed by atoms with Gasteiger partial charge in [-0.3, -0.25) is 4.21 Å². The Balaban J connectivity index is 2.24. The predicted octanol–water partition coefficient (Wildman–Crippen LogP) is 1.98. The number of aromatic nitrogens is 1. The van der Waals surface area contributed by atoms with Crippen molar-refractivity contribution in [3.63, 3.8) is 0 Å². The Morgan fingerprint density at radius 1 is 1.28 bits per heavy atom. The average molecular weight is 262 g/mol. The zero-order valence-corrected chi connectivity index (χ0v) is 10.8. The van der Waals surface area contributed by atoms with Crippen LogP contribution < -0.4 is 10.5 Å². The lowest BCUT2D eigenvalue weighted by Gasteiger charge is -2.08. The third kappa shape index (κ3) is 2.68.